The number of rotatable bonds is 7. The van der Waals surface area contributed by atoms with Crippen LogP contribution in [0.5, 0.6) is 0 Å². The van der Waals surface area contributed by atoms with Gasteiger partial charge in [-0.1, -0.05) is 60.7 Å². The zero-order chi connectivity index (χ0) is 19.5. The monoisotopic (exact) mass is 380 g/mol. The molecule has 0 amide bonds. The summed E-state index contributed by atoms with van der Waals surface area (Å²) >= 11 is 0. The van der Waals surface area contributed by atoms with E-state index in [1.807, 2.05) is 6.07 Å². The van der Waals surface area contributed by atoms with Crippen LogP contribution in [0.25, 0.3) is 22.4 Å². The van der Waals surface area contributed by atoms with Crippen LogP contribution in [-0.4, -0.2) is 16.2 Å². The van der Waals surface area contributed by atoms with Crippen molar-refractivity contribution in [1.82, 2.24) is 15.5 Å². The Kier molecular flexibility index (Phi) is 4.85. The van der Waals surface area contributed by atoms with Crippen molar-refractivity contribution >= 4 is 11.5 Å². The smallest absolute Gasteiger partial charge is 0.152 e. The van der Waals surface area contributed by atoms with Gasteiger partial charge in [-0.2, -0.15) is 5.10 Å². The number of H-pyrrole nitrogens is 1. The number of aromatic amines is 1. The Morgan fingerprint density at radius 1 is 0.793 bits per heavy atom. The lowest BCUT2D eigenvalue weighted by atomic mass is 10.0. The first-order valence-electron chi connectivity index (χ1n) is 10.1. The first-order chi connectivity index (χ1) is 14.3. The van der Waals surface area contributed by atoms with Crippen LogP contribution in [0.2, 0.25) is 0 Å². The lowest BCUT2D eigenvalue weighted by Gasteiger charge is -2.07. The van der Waals surface area contributed by atoms with Crippen molar-refractivity contribution in [3.8, 4) is 22.4 Å². The molecule has 4 aromatic rings. The standard InChI is InChI=1S/C25H24N4/c1-2-7-19(8-3-1)20-9-5-10-21(15-20)24-16-25(29-28-24)27-23-11-4-6-18(14-23)17-26-22-12-13-22/h1-11,14-16,22,26H,12-13,17H2,(H2,27,28,29). The maximum atomic E-state index is 4.45. The number of nitrogens with zero attached hydrogens (tertiary/aromatic N) is 1. The number of nitrogens with one attached hydrogen (secondary N) is 3. The third-order valence-corrected chi connectivity index (χ3v) is 5.23. The van der Waals surface area contributed by atoms with Crippen molar-refractivity contribution in [2.24, 2.45) is 0 Å². The molecule has 0 atom stereocenters. The summed E-state index contributed by atoms with van der Waals surface area (Å²) < 4.78 is 0. The van der Waals surface area contributed by atoms with Crippen LogP contribution in [0, 0.1) is 0 Å². The summed E-state index contributed by atoms with van der Waals surface area (Å²) in [6.45, 7) is 0.915. The molecule has 29 heavy (non-hydrogen) atoms. The molecule has 1 fully saturated rings. The van der Waals surface area contributed by atoms with Crippen LogP contribution >= 0.6 is 0 Å². The minimum atomic E-state index is 0.715. The average molecular weight is 380 g/mol. The Hall–Kier alpha value is -3.37. The van der Waals surface area contributed by atoms with Gasteiger partial charge in [0.15, 0.2) is 5.82 Å². The number of hydrogen-bond acceptors (Lipinski definition) is 3. The largest absolute Gasteiger partial charge is 0.339 e. The molecule has 0 bridgehead atoms. The van der Waals surface area contributed by atoms with Crippen molar-refractivity contribution in [2.75, 3.05) is 5.32 Å². The molecule has 0 unspecified atom stereocenters. The van der Waals surface area contributed by atoms with Gasteiger partial charge in [-0.3, -0.25) is 5.10 Å². The van der Waals surface area contributed by atoms with Gasteiger partial charge in [-0.15, -0.1) is 0 Å². The fourth-order valence-corrected chi connectivity index (χ4v) is 3.49. The minimum absolute atomic E-state index is 0.715. The van der Waals surface area contributed by atoms with E-state index in [0.717, 1.165) is 29.3 Å². The molecule has 4 heteroatoms. The van der Waals surface area contributed by atoms with Gasteiger partial charge in [0.05, 0.1) is 5.69 Å². The Morgan fingerprint density at radius 2 is 1.59 bits per heavy atom. The average Bonchev–Trinajstić information content (AvgIpc) is 3.50. The molecule has 0 aliphatic heterocycles. The number of benzene rings is 3. The second kappa shape index (κ2) is 7.94. The molecule has 1 saturated carbocycles. The summed E-state index contributed by atoms with van der Waals surface area (Å²) in [5.41, 5.74) is 6.86. The maximum Gasteiger partial charge on any atom is 0.152 e. The van der Waals surface area contributed by atoms with Crippen molar-refractivity contribution in [3.63, 3.8) is 0 Å². The first-order valence-corrected chi connectivity index (χ1v) is 10.1. The van der Waals surface area contributed by atoms with E-state index in [0.29, 0.717) is 6.04 Å². The Balaban J connectivity index is 1.31. The quantitative estimate of drug-likeness (QED) is 0.383. The lowest BCUT2D eigenvalue weighted by molar-refractivity contribution is 0.688. The van der Waals surface area contributed by atoms with Crippen LogP contribution < -0.4 is 10.6 Å². The SMILES string of the molecule is c1ccc(-c2cccc(-c3cc(Nc4cccc(CNC5CC5)c4)n[nH]3)c2)cc1. The van der Waals surface area contributed by atoms with E-state index in [4.69, 9.17) is 0 Å². The molecule has 3 N–H and O–H groups in total. The second-order valence-electron chi connectivity index (χ2n) is 7.59. The van der Waals surface area contributed by atoms with Gasteiger partial charge in [0.25, 0.3) is 0 Å². The molecule has 1 heterocycles. The number of aromatic nitrogens is 2. The first kappa shape index (κ1) is 17.7. The van der Waals surface area contributed by atoms with Crippen LogP contribution in [-0.2, 0) is 6.54 Å². The van der Waals surface area contributed by atoms with Crippen molar-refractivity contribution in [2.45, 2.75) is 25.4 Å². The predicted octanol–water partition coefficient (Wildman–Crippen LogP) is 5.74. The van der Waals surface area contributed by atoms with Gasteiger partial charge in [-0.25, -0.2) is 0 Å². The Morgan fingerprint density at radius 3 is 2.45 bits per heavy atom. The van der Waals surface area contributed by atoms with Crippen molar-refractivity contribution in [1.29, 1.82) is 0 Å². The van der Waals surface area contributed by atoms with Gasteiger partial charge >= 0.3 is 0 Å². The topological polar surface area (TPSA) is 52.7 Å². The van der Waals surface area contributed by atoms with Crippen LogP contribution in [0.4, 0.5) is 11.5 Å². The van der Waals surface area contributed by atoms with Gasteiger partial charge in [0.2, 0.25) is 0 Å². The highest BCUT2D eigenvalue weighted by Crippen LogP contribution is 2.27. The van der Waals surface area contributed by atoms with E-state index in [1.165, 1.54) is 29.5 Å². The zero-order valence-electron chi connectivity index (χ0n) is 16.2. The van der Waals surface area contributed by atoms with Crippen molar-refractivity contribution in [3.05, 3.63) is 90.5 Å². The third-order valence-electron chi connectivity index (χ3n) is 5.23. The maximum absolute atomic E-state index is 4.45. The van der Waals surface area contributed by atoms with Crippen molar-refractivity contribution < 1.29 is 0 Å². The van der Waals surface area contributed by atoms with E-state index >= 15 is 0 Å². The van der Waals surface area contributed by atoms with E-state index < -0.39 is 0 Å². The highest BCUT2D eigenvalue weighted by molar-refractivity contribution is 5.73. The second-order valence-corrected chi connectivity index (χ2v) is 7.59. The van der Waals surface area contributed by atoms with Gasteiger partial charge in [0.1, 0.15) is 0 Å². The molecule has 5 rings (SSSR count). The minimum Gasteiger partial charge on any atom is -0.339 e. The van der Waals surface area contributed by atoms with E-state index in [9.17, 15) is 0 Å². The van der Waals surface area contributed by atoms with Crippen LogP contribution in [0.1, 0.15) is 18.4 Å². The molecular weight excluding hydrogens is 356 g/mol. The van der Waals surface area contributed by atoms with Crippen LogP contribution in [0.15, 0.2) is 84.9 Å². The molecule has 144 valence electrons. The molecule has 0 saturated heterocycles. The summed E-state index contributed by atoms with van der Waals surface area (Å²) in [6.07, 6.45) is 2.61. The molecule has 4 nitrogen and oxygen atoms in total. The van der Waals surface area contributed by atoms with Gasteiger partial charge in [0, 0.05) is 29.9 Å². The Labute approximate surface area is 171 Å². The highest BCUT2D eigenvalue weighted by atomic mass is 15.2. The molecule has 1 aliphatic rings. The number of hydrogen-bond donors (Lipinski definition) is 3. The molecule has 3 aromatic carbocycles. The number of anilines is 2. The van der Waals surface area contributed by atoms with E-state index in [1.54, 1.807) is 0 Å². The molecule has 1 aliphatic carbocycles. The predicted molar refractivity (Wildman–Crippen MR) is 119 cm³/mol. The fraction of sp³-hybridized carbons (Fsp3) is 0.160. The van der Waals surface area contributed by atoms with Gasteiger partial charge < -0.3 is 10.6 Å². The normalized spacial score (nSPS) is 13.4. The summed E-state index contributed by atoms with van der Waals surface area (Å²) in [5.74, 6) is 0.817. The lowest BCUT2D eigenvalue weighted by Crippen LogP contribution is -2.15. The fourth-order valence-electron chi connectivity index (χ4n) is 3.49. The highest BCUT2D eigenvalue weighted by Gasteiger charge is 2.19. The van der Waals surface area contributed by atoms with Crippen LogP contribution in [0.3, 0.4) is 0 Å². The Bertz CT molecular complexity index is 1100. The zero-order valence-corrected chi connectivity index (χ0v) is 16.2. The molecular formula is C25H24N4. The summed E-state index contributed by atoms with van der Waals surface area (Å²) in [4.78, 5) is 0. The molecule has 0 spiro atoms. The summed E-state index contributed by atoms with van der Waals surface area (Å²) in [6, 6.07) is 30.2. The molecule has 0 radical (unpaired) electrons. The summed E-state index contributed by atoms with van der Waals surface area (Å²) in [7, 11) is 0. The van der Waals surface area contributed by atoms with E-state index in [-0.39, 0.29) is 0 Å². The molecule has 1 aromatic heterocycles. The summed E-state index contributed by atoms with van der Waals surface area (Å²) in [5, 5.41) is 14.6. The van der Waals surface area contributed by atoms with Gasteiger partial charge in [-0.05, 0) is 47.7 Å². The van der Waals surface area contributed by atoms with E-state index in [2.05, 4.69) is 99.7 Å². The third kappa shape index (κ3) is 4.39.